The molecule has 0 aliphatic heterocycles. The van der Waals surface area contributed by atoms with E-state index in [1.165, 1.54) is 104 Å². The van der Waals surface area contributed by atoms with Crippen LogP contribution in [-0.4, -0.2) is 8.80 Å². The second-order valence-electron chi connectivity index (χ2n) is 23.8. The summed E-state index contributed by atoms with van der Waals surface area (Å²) in [6.07, 6.45) is 0. The fourth-order valence-electron chi connectivity index (χ4n) is 11.4. The highest BCUT2D eigenvalue weighted by Gasteiger charge is 2.31. The molecule has 0 spiro atoms. The van der Waals surface area contributed by atoms with Gasteiger partial charge in [0, 0.05) is 52.8 Å². The summed E-state index contributed by atoms with van der Waals surface area (Å²) >= 11 is 0. The molecule has 0 saturated carbocycles. The Morgan fingerprint density at radius 1 is 0.348 bits per heavy atom. The van der Waals surface area contributed by atoms with Crippen molar-refractivity contribution in [3.8, 4) is 22.3 Å². The molecular weight excluding hydrogens is 797 g/mol. The van der Waals surface area contributed by atoms with Crippen molar-refractivity contribution in [3.63, 3.8) is 0 Å². The van der Waals surface area contributed by atoms with Crippen LogP contribution >= 0.6 is 0 Å². The van der Waals surface area contributed by atoms with Crippen LogP contribution in [0.5, 0.6) is 0 Å². The van der Waals surface area contributed by atoms with Crippen LogP contribution in [0.2, 0.25) is 0 Å². The van der Waals surface area contributed by atoms with Crippen LogP contribution in [0.25, 0.3) is 109 Å². The van der Waals surface area contributed by atoms with Crippen LogP contribution in [-0.2, 0) is 21.7 Å². The van der Waals surface area contributed by atoms with Gasteiger partial charge in [-0.3, -0.25) is 0 Å². The Balaban J connectivity index is 1.29. The summed E-state index contributed by atoms with van der Waals surface area (Å²) in [5.41, 5.74) is 18.0. The molecule has 0 radical (unpaired) electrons. The zero-order valence-electron chi connectivity index (χ0n) is 43.9. The first-order valence-electron chi connectivity index (χ1n) is 25.4. The molecule has 66 heavy (non-hydrogen) atoms. The van der Waals surface area contributed by atoms with Crippen molar-refractivity contribution >= 4 is 87.0 Å². The average Bonchev–Trinajstić information content (AvgIpc) is 3.99. The molecule has 0 aliphatic rings. The highest BCUT2D eigenvalue weighted by atomic mass is 14.9. The van der Waals surface area contributed by atoms with Crippen molar-refractivity contribution < 1.29 is 4.11 Å². The maximum atomic E-state index is 8.41. The fraction of sp³-hybridized carbons (Fsp3) is 0.281. The predicted molar refractivity (Wildman–Crippen MR) is 288 cm³/mol. The summed E-state index contributed by atoms with van der Waals surface area (Å²) in [7, 11) is 0. The maximum absolute atomic E-state index is 8.41. The Labute approximate surface area is 393 Å². The van der Waals surface area contributed by atoms with Gasteiger partial charge in [0.15, 0.2) is 0 Å². The van der Waals surface area contributed by atoms with Crippen LogP contribution in [0.4, 0.5) is 0 Å². The van der Waals surface area contributed by atoms with E-state index in [1.54, 1.807) is 6.07 Å². The van der Waals surface area contributed by atoms with E-state index in [2.05, 4.69) is 195 Å². The summed E-state index contributed by atoms with van der Waals surface area (Å²) in [5, 5.41) is 12.5. The van der Waals surface area contributed by atoms with Crippen LogP contribution in [0.1, 0.15) is 121 Å². The molecule has 0 atom stereocenters. The third-order valence-corrected chi connectivity index (χ3v) is 15.2. The van der Waals surface area contributed by atoms with Crippen molar-refractivity contribution in [2.45, 2.75) is 119 Å². The Morgan fingerprint density at radius 3 is 1.15 bits per heavy atom. The topological polar surface area (TPSA) is 8.82 Å². The first-order valence-corrected chi connectivity index (χ1v) is 23.9. The standard InChI is InChI=1S/C64H62N2/c1-35-16-15-17-36(2)55(35)39-20-18-38-27-40(21-19-37(38)26-39)56-59-51(49-32-43(63(9,10)11)30-47-45-28-41(61(3,4)5)22-24-53(45)65(59)57(47)49)34-52-50-33-44(64(12,13)14)31-48-46-29-42(62(6,7)8)23-25-54(46)66(58(48)50)60(52)56/h15-34H,1-14H3/i1D3. The molecule has 12 aromatic rings. The molecule has 0 amide bonds. The van der Waals surface area contributed by atoms with Crippen LogP contribution in [0, 0.1) is 13.8 Å². The van der Waals surface area contributed by atoms with Crippen LogP contribution < -0.4 is 0 Å². The fourth-order valence-corrected chi connectivity index (χ4v) is 11.4. The van der Waals surface area contributed by atoms with Gasteiger partial charge < -0.3 is 8.80 Å². The first kappa shape index (κ1) is 37.8. The highest BCUT2D eigenvalue weighted by Crippen LogP contribution is 2.52. The van der Waals surface area contributed by atoms with Gasteiger partial charge in [0.25, 0.3) is 0 Å². The lowest BCUT2D eigenvalue weighted by Crippen LogP contribution is -2.11. The van der Waals surface area contributed by atoms with Gasteiger partial charge in [-0.25, -0.2) is 0 Å². The zero-order chi connectivity index (χ0) is 48.8. The molecule has 4 heterocycles. The number of aryl methyl sites for hydroxylation is 2. The zero-order valence-corrected chi connectivity index (χ0v) is 40.9. The van der Waals surface area contributed by atoms with Crippen LogP contribution in [0.15, 0.2) is 121 Å². The first-order chi connectivity index (χ1) is 32.3. The lowest BCUT2D eigenvalue weighted by Gasteiger charge is -2.21. The van der Waals surface area contributed by atoms with Gasteiger partial charge in [-0.05, 0) is 163 Å². The normalized spacial score (nSPS) is 14.5. The second-order valence-corrected chi connectivity index (χ2v) is 23.8. The summed E-state index contributed by atoms with van der Waals surface area (Å²) in [5.74, 6) is 0. The Bertz CT molecular complexity index is 3950. The van der Waals surface area contributed by atoms with Gasteiger partial charge in [0.05, 0.1) is 33.1 Å². The number of hydrogen-bond acceptors (Lipinski definition) is 0. The summed E-state index contributed by atoms with van der Waals surface area (Å²) in [6.45, 7) is 27.7. The number of aromatic nitrogens is 2. The van der Waals surface area contributed by atoms with Gasteiger partial charge in [-0.1, -0.05) is 138 Å². The monoisotopic (exact) mass is 862 g/mol. The van der Waals surface area contributed by atoms with E-state index < -0.39 is 6.85 Å². The van der Waals surface area contributed by atoms with Crippen molar-refractivity contribution in [2.24, 2.45) is 0 Å². The number of rotatable bonds is 2. The lowest BCUT2D eigenvalue weighted by molar-refractivity contribution is 0.590. The molecule has 0 N–H and O–H groups in total. The number of benzene rings is 8. The number of nitrogens with zero attached hydrogens (tertiary/aromatic N) is 2. The van der Waals surface area contributed by atoms with Crippen LogP contribution in [0.3, 0.4) is 0 Å². The third-order valence-electron chi connectivity index (χ3n) is 15.2. The minimum absolute atomic E-state index is 0.00897. The summed E-state index contributed by atoms with van der Waals surface area (Å²) in [4.78, 5) is 0. The van der Waals surface area contributed by atoms with E-state index in [9.17, 15) is 0 Å². The molecule has 4 aromatic heterocycles. The van der Waals surface area contributed by atoms with E-state index >= 15 is 0 Å². The molecule has 8 aromatic carbocycles. The molecule has 0 aliphatic carbocycles. The minimum atomic E-state index is -2.23. The molecule has 0 fully saturated rings. The molecule has 0 saturated heterocycles. The highest BCUT2D eigenvalue weighted by molar-refractivity contribution is 6.33. The van der Waals surface area contributed by atoms with Crippen molar-refractivity contribution in [1.29, 1.82) is 0 Å². The predicted octanol–water partition coefficient (Wildman–Crippen LogP) is 18.3. The van der Waals surface area contributed by atoms with Crippen molar-refractivity contribution in [3.05, 3.63) is 155 Å². The third kappa shape index (κ3) is 5.73. The van der Waals surface area contributed by atoms with E-state index in [4.69, 9.17) is 4.11 Å². The average molecular weight is 862 g/mol. The number of hydrogen-bond donors (Lipinski definition) is 0. The van der Waals surface area contributed by atoms with Gasteiger partial charge in [0.1, 0.15) is 0 Å². The van der Waals surface area contributed by atoms with Gasteiger partial charge in [-0.2, -0.15) is 0 Å². The molecule has 328 valence electrons. The second kappa shape index (κ2) is 13.2. The molecule has 0 bridgehead atoms. The Hall–Kier alpha value is -6.38. The van der Waals surface area contributed by atoms with E-state index in [-0.39, 0.29) is 21.7 Å². The molecule has 2 heteroatoms. The lowest BCUT2D eigenvalue weighted by atomic mass is 9.83. The smallest absolute Gasteiger partial charge is 0.0641 e. The van der Waals surface area contributed by atoms with Crippen molar-refractivity contribution in [1.82, 2.24) is 8.80 Å². The van der Waals surface area contributed by atoms with E-state index in [0.717, 1.165) is 33.0 Å². The van der Waals surface area contributed by atoms with Crippen molar-refractivity contribution in [2.75, 3.05) is 0 Å². The van der Waals surface area contributed by atoms with Gasteiger partial charge in [0.2, 0.25) is 0 Å². The quantitative estimate of drug-likeness (QED) is 0.164. The molecule has 0 unspecified atom stereocenters. The SMILES string of the molecule is [2H]C([2H])([2H])c1cccc(C)c1-c1ccc2cc(-c3c4c(cc5c6cc(C(C)(C)C)cc7c8cc(C(C)(C)C)ccc8n(c35)c76)c3cc(C(C)(C)C)cc5c6cc(C(C)(C)C)ccc6n4c53)ccc2c1. The Morgan fingerprint density at radius 2 is 0.727 bits per heavy atom. The van der Waals surface area contributed by atoms with Gasteiger partial charge >= 0.3 is 0 Å². The van der Waals surface area contributed by atoms with Gasteiger partial charge in [-0.15, -0.1) is 0 Å². The Kier molecular flexibility index (Phi) is 7.54. The molecular formula is C64H62N2. The maximum Gasteiger partial charge on any atom is 0.0641 e. The van der Waals surface area contributed by atoms with E-state index in [1.807, 2.05) is 19.1 Å². The summed E-state index contributed by atoms with van der Waals surface area (Å²) < 4.78 is 30.4. The largest absolute Gasteiger partial charge is 0.307 e. The van der Waals surface area contributed by atoms with E-state index in [0.29, 0.717) is 5.56 Å². The summed E-state index contributed by atoms with van der Waals surface area (Å²) in [6, 6.07) is 45.9. The number of fused-ring (bicyclic) bond motifs is 13. The minimum Gasteiger partial charge on any atom is -0.307 e. The molecule has 2 nitrogen and oxygen atoms in total. The molecule has 12 rings (SSSR count).